The summed E-state index contributed by atoms with van der Waals surface area (Å²) >= 11 is 6.74. The van der Waals surface area contributed by atoms with Gasteiger partial charge in [0.15, 0.2) is 14.1 Å². The van der Waals surface area contributed by atoms with Crippen LogP contribution in [0.25, 0.3) is 22.6 Å². The Morgan fingerprint density at radius 1 is 1.20 bits per heavy atom. The van der Waals surface area contributed by atoms with E-state index in [1.807, 2.05) is 39.0 Å². The first kappa shape index (κ1) is 31.5. The van der Waals surface area contributed by atoms with Crippen LogP contribution < -0.4 is 10.1 Å². The zero-order chi connectivity index (χ0) is 30.1. The number of rotatable bonds is 9. The molecule has 3 aromatic rings. The second-order valence-corrected chi connectivity index (χ2v) is 17.7. The number of nitrogens with one attached hydrogen (secondary N) is 1. The molecule has 41 heavy (non-hydrogen) atoms. The maximum atomic E-state index is 6.74. The van der Waals surface area contributed by atoms with Crippen LogP contribution in [-0.2, 0) is 9.16 Å². The molecule has 1 aromatic carbocycles. The Kier molecular flexibility index (Phi) is 9.53. The van der Waals surface area contributed by atoms with Crippen molar-refractivity contribution in [3.05, 3.63) is 47.2 Å². The van der Waals surface area contributed by atoms with Crippen molar-refractivity contribution in [1.82, 2.24) is 15.1 Å². The molecule has 1 saturated heterocycles. The molecule has 3 atom stereocenters. The topological polar surface area (TPSA) is 91.5 Å². The average Bonchev–Trinajstić information content (AvgIpc) is 3.21. The highest BCUT2D eigenvalue weighted by atomic mass is 35.5. The van der Waals surface area contributed by atoms with Gasteiger partial charge in [-0.1, -0.05) is 37.5 Å². The van der Waals surface area contributed by atoms with E-state index in [0.29, 0.717) is 41.1 Å². The molecular formula is C31H44ClN4O4Si. The van der Waals surface area contributed by atoms with Gasteiger partial charge in [-0.05, 0) is 83.8 Å². The molecule has 2 aromatic heterocycles. The highest BCUT2D eigenvalue weighted by Crippen LogP contribution is 2.38. The quantitative estimate of drug-likeness (QED) is 0.248. The van der Waals surface area contributed by atoms with Gasteiger partial charge in [0.25, 0.3) is 0 Å². The van der Waals surface area contributed by atoms with E-state index in [1.165, 1.54) is 0 Å². The third-order valence-electron chi connectivity index (χ3n) is 8.12. The van der Waals surface area contributed by atoms with Crippen LogP contribution in [0.4, 0.5) is 5.82 Å². The largest absolute Gasteiger partial charge is 0.491 e. The lowest BCUT2D eigenvalue weighted by atomic mass is 10.0. The highest BCUT2D eigenvalue weighted by molar-refractivity contribution is 6.74. The average molecular weight is 600 g/mol. The third-order valence-corrected chi connectivity index (χ3v) is 13.0. The number of aryl methyl sites for hydroxylation is 2. The Bertz CT molecular complexity index is 1350. The summed E-state index contributed by atoms with van der Waals surface area (Å²) in [6.07, 6.45) is 1.68. The van der Waals surface area contributed by atoms with Crippen molar-refractivity contribution >= 4 is 25.7 Å². The van der Waals surface area contributed by atoms with E-state index in [0.717, 1.165) is 41.2 Å². The Labute approximate surface area is 250 Å². The van der Waals surface area contributed by atoms with Crippen molar-refractivity contribution in [3.8, 4) is 28.4 Å². The molecule has 0 bridgehead atoms. The number of anilines is 1. The lowest BCUT2D eigenvalue weighted by molar-refractivity contribution is 0.0231. The molecule has 10 heteroatoms. The first-order valence-corrected chi connectivity index (χ1v) is 17.6. The molecule has 0 aliphatic carbocycles. The van der Waals surface area contributed by atoms with Gasteiger partial charge in [-0.15, -0.1) is 0 Å². The van der Waals surface area contributed by atoms with Gasteiger partial charge in [-0.25, -0.2) is 9.97 Å². The fourth-order valence-corrected chi connectivity index (χ4v) is 6.20. The number of aromatic nitrogens is 3. The molecule has 0 amide bonds. The second kappa shape index (κ2) is 12.4. The summed E-state index contributed by atoms with van der Waals surface area (Å²) in [5.74, 6) is 2.60. The van der Waals surface area contributed by atoms with Crippen molar-refractivity contribution in [2.24, 2.45) is 0 Å². The minimum atomic E-state index is -1.97. The van der Waals surface area contributed by atoms with E-state index in [2.05, 4.69) is 58.2 Å². The van der Waals surface area contributed by atoms with E-state index < -0.39 is 8.32 Å². The number of halogens is 1. The molecule has 1 aliphatic heterocycles. The van der Waals surface area contributed by atoms with Gasteiger partial charge < -0.3 is 23.7 Å². The van der Waals surface area contributed by atoms with Crippen LogP contribution in [0.5, 0.6) is 5.75 Å². The van der Waals surface area contributed by atoms with Crippen LogP contribution in [0.15, 0.2) is 22.7 Å². The number of hydrogen-bond acceptors (Lipinski definition) is 8. The first-order chi connectivity index (χ1) is 19.2. The van der Waals surface area contributed by atoms with Crippen LogP contribution >= 0.6 is 11.6 Å². The lowest BCUT2D eigenvalue weighted by Crippen LogP contribution is -2.44. The molecule has 1 N–H and O–H groups in total. The molecule has 1 aliphatic rings. The second-order valence-electron chi connectivity index (χ2n) is 12.6. The van der Waals surface area contributed by atoms with Crippen LogP contribution in [0.2, 0.25) is 23.2 Å². The van der Waals surface area contributed by atoms with Gasteiger partial charge in [0, 0.05) is 23.8 Å². The fourth-order valence-electron chi connectivity index (χ4n) is 4.75. The first-order valence-electron chi connectivity index (χ1n) is 14.3. The van der Waals surface area contributed by atoms with Crippen molar-refractivity contribution in [2.75, 3.05) is 18.5 Å². The van der Waals surface area contributed by atoms with Crippen LogP contribution in [0.1, 0.15) is 57.6 Å². The van der Waals surface area contributed by atoms with Crippen LogP contribution in [0.3, 0.4) is 0 Å². The number of benzene rings is 1. The van der Waals surface area contributed by atoms with Gasteiger partial charge in [0.05, 0.1) is 34.2 Å². The Balaban J connectivity index is 1.67. The van der Waals surface area contributed by atoms with E-state index in [4.69, 9.17) is 40.0 Å². The molecule has 8 nitrogen and oxygen atoms in total. The molecule has 1 fully saturated rings. The molecule has 0 spiro atoms. The summed E-state index contributed by atoms with van der Waals surface area (Å²) in [5, 5.41) is 8.45. The van der Waals surface area contributed by atoms with Crippen LogP contribution in [0, 0.1) is 27.7 Å². The lowest BCUT2D eigenvalue weighted by Gasteiger charge is -2.38. The van der Waals surface area contributed by atoms with E-state index in [9.17, 15) is 0 Å². The predicted octanol–water partition coefficient (Wildman–Crippen LogP) is 7.96. The van der Waals surface area contributed by atoms with Crippen molar-refractivity contribution < 1.29 is 18.4 Å². The van der Waals surface area contributed by atoms with E-state index in [-0.39, 0.29) is 23.3 Å². The Morgan fingerprint density at radius 3 is 2.56 bits per heavy atom. The molecule has 0 saturated carbocycles. The maximum absolute atomic E-state index is 6.74. The van der Waals surface area contributed by atoms with Crippen molar-refractivity contribution in [1.29, 1.82) is 0 Å². The van der Waals surface area contributed by atoms with Crippen molar-refractivity contribution in [2.45, 2.75) is 97.7 Å². The normalized spacial score (nSPS) is 18.8. The zero-order valence-electron chi connectivity index (χ0n) is 25.9. The molecular weight excluding hydrogens is 556 g/mol. The number of ether oxygens (including phenoxy) is 2. The Hall–Kier alpha value is -2.46. The summed E-state index contributed by atoms with van der Waals surface area (Å²) < 4.78 is 23.8. The van der Waals surface area contributed by atoms with E-state index in [1.54, 1.807) is 0 Å². The summed E-state index contributed by atoms with van der Waals surface area (Å²) in [4.78, 5) is 9.98. The molecule has 223 valence electrons. The van der Waals surface area contributed by atoms with Gasteiger partial charge in [-0.2, -0.15) is 0 Å². The van der Waals surface area contributed by atoms with Gasteiger partial charge in [0.2, 0.25) is 0 Å². The Morgan fingerprint density at radius 2 is 1.93 bits per heavy atom. The summed E-state index contributed by atoms with van der Waals surface area (Å²) in [6, 6.07) is 5.77. The molecule has 1 radical (unpaired) electrons. The maximum Gasteiger partial charge on any atom is 0.192 e. The molecule has 4 rings (SSSR count). The number of nitrogens with zero attached hydrogens (tertiary/aromatic N) is 3. The molecule has 3 heterocycles. The highest BCUT2D eigenvalue weighted by Gasteiger charge is 2.38. The summed E-state index contributed by atoms with van der Waals surface area (Å²) in [5.41, 5.74) is 3.99. The SMILES string of the molecule is [CH2][C@H](COc1ccc(Cl)c(-c2nc(N[C@@H]3CCO[C@H](C)C3)c(C)c(-c3c(C)noc3C)n2)c1)O[Si](C)(C)C(C)(C)C. The summed E-state index contributed by atoms with van der Waals surface area (Å²) in [7, 11) is -1.97. The van der Waals surface area contributed by atoms with Crippen LogP contribution in [-0.4, -0.2) is 54.9 Å². The number of hydrogen-bond donors (Lipinski definition) is 1. The molecule has 0 unspecified atom stereocenters. The standard InChI is InChI=1S/C31H44ClN4O4Si/c1-18-15-23(13-14-37-18)33-29-20(3)28(27-21(4)36-39-22(27)5)34-30(35-29)25-16-24(11-12-26(25)32)38-17-19(2)40-41(9,10)31(6,7)8/h11-12,16,18-19,23H,2,13-15,17H2,1,3-10H3,(H,33,34,35)/t18-,19-,23-/m1/s1. The van der Waals surface area contributed by atoms with Gasteiger partial charge in [-0.3, -0.25) is 0 Å². The van der Waals surface area contributed by atoms with Crippen molar-refractivity contribution in [3.63, 3.8) is 0 Å². The zero-order valence-corrected chi connectivity index (χ0v) is 27.6. The smallest absolute Gasteiger partial charge is 0.192 e. The van der Waals surface area contributed by atoms with Gasteiger partial charge in [0.1, 0.15) is 23.9 Å². The summed E-state index contributed by atoms with van der Waals surface area (Å²) in [6.45, 7) is 24.2. The monoisotopic (exact) mass is 599 g/mol. The van der Waals surface area contributed by atoms with Gasteiger partial charge >= 0.3 is 0 Å². The minimum Gasteiger partial charge on any atom is -0.491 e. The predicted molar refractivity (Wildman–Crippen MR) is 167 cm³/mol. The van der Waals surface area contributed by atoms with E-state index >= 15 is 0 Å². The third kappa shape index (κ3) is 7.31. The fraction of sp³-hybridized carbons (Fsp3) is 0.548. The minimum absolute atomic E-state index is 0.0898.